The van der Waals surface area contributed by atoms with Gasteiger partial charge in [-0.05, 0) is 18.2 Å². The van der Waals surface area contributed by atoms with E-state index in [9.17, 15) is 15.0 Å². The molecule has 0 spiro atoms. The zero-order valence-electron chi connectivity index (χ0n) is 9.54. The van der Waals surface area contributed by atoms with Crippen LogP contribution < -0.4 is 0 Å². The van der Waals surface area contributed by atoms with E-state index in [0.29, 0.717) is 5.69 Å². The van der Waals surface area contributed by atoms with Crippen molar-refractivity contribution >= 4 is 16.9 Å². The highest BCUT2D eigenvalue weighted by atomic mass is 16.5. The van der Waals surface area contributed by atoms with Gasteiger partial charge in [0, 0.05) is 18.5 Å². The second-order valence-electron chi connectivity index (χ2n) is 3.80. The second-order valence-corrected chi connectivity index (χ2v) is 3.80. The lowest BCUT2D eigenvalue weighted by atomic mass is 10.2. The van der Waals surface area contributed by atoms with Gasteiger partial charge in [0.25, 0.3) is 0 Å². The third kappa shape index (κ3) is 1.85. The molecule has 5 heteroatoms. The molecule has 0 saturated heterocycles. The Morgan fingerprint density at radius 1 is 1.41 bits per heavy atom. The van der Waals surface area contributed by atoms with Gasteiger partial charge in [0.15, 0.2) is 6.10 Å². The van der Waals surface area contributed by atoms with Gasteiger partial charge >= 0.3 is 5.97 Å². The summed E-state index contributed by atoms with van der Waals surface area (Å²) in [5.74, 6) is -0.571. The molecule has 1 unspecified atom stereocenters. The van der Waals surface area contributed by atoms with Crippen molar-refractivity contribution in [1.29, 1.82) is 0 Å². The largest absolute Gasteiger partial charge is 0.508 e. The number of phenols is 1. The van der Waals surface area contributed by atoms with E-state index in [4.69, 9.17) is 0 Å². The molecule has 1 aromatic heterocycles. The van der Waals surface area contributed by atoms with Gasteiger partial charge in [0.05, 0.1) is 18.3 Å². The van der Waals surface area contributed by atoms with Crippen LogP contribution in [0.15, 0.2) is 24.3 Å². The average molecular weight is 235 g/mol. The van der Waals surface area contributed by atoms with Crippen LogP contribution in [0.2, 0.25) is 0 Å². The van der Waals surface area contributed by atoms with Gasteiger partial charge in [0.2, 0.25) is 0 Å². The Morgan fingerprint density at radius 2 is 2.12 bits per heavy atom. The number of methoxy groups -OCH3 is 1. The fourth-order valence-corrected chi connectivity index (χ4v) is 1.83. The van der Waals surface area contributed by atoms with E-state index in [1.54, 1.807) is 35.9 Å². The molecule has 2 aromatic rings. The quantitative estimate of drug-likeness (QED) is 0.764. The van der Waals surface area contributed by atoms with Gasteiger partial charge in [-0.3, -0.25) is 0 Å². The molecule has 2 rings (SSSR count). The molecular weight excluding hydrogens is 222 g/mol. The van der Waals surface area contributed by atoms with E-state index in [1.807, 2.05) is 0 Å². The maximum atomic E-state index is 11.3. The summed E-state index contributed by atoms with van der Waals surface area (Å²) in [6.07, 6.45) is -1.32. The van der Waals surface area contributed by atoms with E-state index >= 15 is 0 Å². The number of carbonyl (C=O) groups excluding carboxylic acids is 1. The molecule has 90 valence electrons. The number of hydrogen-bond acceptors (Lipinski definition) is 4. The first kappa shape index (κ1) is 11.5. The number of aliphatic hydroxyl groups excluding tert-OH is 1. The summed E-state index contributed by atoms with van der Waals surface area (Å²) >= 11 is 0. The third-order valence-corrected chi connectivity index (χ3v) is 2.77. The maximum Gasteiger partial charge on any atom is 0.340 e. The Morgan fingerprint density at radius 3 is 2.76 bits per heavy atom. The van der Waals surface area contributed by atoms with Crippen LogP contribution >= 0.6 is 0 Å². The molecule has 5 nitrogen and oxygen atoms in total. The summed E-state index contributed by atoms with van der Waals surface area (Å²) in [5.41, 5.74) is 1.17. The van der Waals surface area contributed by atoms with Gasteiger partial charge in [-0.15, -0.1) is 0 Å². The number of aromatic hydroxyl groups is 1. The van der Waals surface area contributed by atoms with E-state index in [2.05, 4.69) is 4.74 Å². The number of benzene rings is 1. The number of carbonyl (C=O) groups is 1. The normalized spacial score (nSPS) is 12.6. The molecule has 0 aliphatic rings. The van der Waals surface area contributed by atoms with Crippen LogP contribution in [-0.4, -0.2) is 27.9 Å². The number of aryl methyl sites for hydroxylation is 1. The lowest BCUT2D eigenvalue weighted by molar-refractivity contribution is -0.151. The molecule has 17 heavy (non-hydrogen) atoms. The Bertz CT molecular complexity index is 573. The molecule has 1 atom stereocenters. The summed E-state index contributed by atoms with van der Waals surface area (Å²) in [6.45, 7) is 0. The number of rotatable bonds is 2. The van der Waals surface area contributed by atoms with E-state index < -0.39 is 12.1 Å². The minimum absolute atomic E-state index is 0.137. The van der Waals surface area contributed by atoms with Crippen LogP contribution in [0.3, 0.4) is 0 Å². The van der Waals surface area contributed by atoms with Crippen molar-refractivity contribution in [2.24, 2.45) is 7.05 Å². The maximum absolute atomic E-state index is 11.3. The average Bonchev–Trinajstić information content (AvgIpc) is 2.65. The summed E-state index contributed by atoms with van der Waals surface area (Å²) in [6, 6.07) is 6.54. The first-order valence-electron chi connectivity index (χ1n) is 5.09. The number of phenolic OH excluding ortho intramolecular Hbond substituents is 1. The Hall–Kier alpha value is -2.01. The standard InChI is InChI=1S/C12H13NO4/c1-13-9-6-8(14)4-3-7(9)5-10(13)11(15)12(16)17-2/h3-6,11,14-15H,1-2H3. The molecule has 1 aromatic carbocycles. The number of aliphatic hydroxyl groups is 1. The summed E-state index contributed by atoms with van der Waals surface area (Å²) in [7, 11) is 2.93. The number of nitrogens with zero attached hydrogens (tertiary/aromatic N) is 1. The second kappa shape index (κ2) is 4.10. The molecule has 0 bridgehead atoms. The summed E-state index contributed by atoms with van der Waals surface area (Å²) < 4.78 is 6.14. The zero-order chi connectivity index (χ0) is 12.6. The summed E-state index contributed by atoms with van der Waals surface area (Å²) in [5, 5.41) is 20.0. The number of esters is 1. The van der Waals surface area contributed by atoms with Gasteiger partial charge < -0.3 is 19.5 Å². The molecule has 0 aliphatic heterocycles. The minimum atomic E-state index is -1.32. The molecule has 0 aliphatic carbocycles. The van der Waals surface area contributed by atoms with Crippen LogP contribution in [0.5, 0.6) is 5.75 Å². The lowest BCUT2D eigenvalue weighted by Gasteiger charge is -2.09. The number of aromatic nitrogens is 1. The number of hydrogen-bond donors (Lipinski definition) is 2. The van der Waals surface area contributed by atoms with Gasteiger partial charge in [-0.1, -0.05) is 0 Å². The molecule has 0 radical (unpaired) electrons. The van der Waals surface area contributed by atoms with Crippen LogP contribution in [0.25, 0.3) is 10.9 Å². The van der Waals surface area contributed by atoms with E-state index in [0.717, 1.165) is 10.9 Å². The summed E-state index contributed by atoms with van der Waals surface area (Å²) in [4.78, 5) is 11.3. The Balaban J connectivity index is 2.56. The Labute approximate surface area is 97.9 Å². The molecule has 0 amide bonds. The highest BCUT2D eigenvalue weighted by Gasteiger charge is 2.22. The highest BCUT2D eigenvalue weighted by molar-refractivity contribution is 5.85. The topological polar surface area (TPSA) is 71.7 Å². The smallest absolute Gasteiger partial charge is 0.340 e. The first-order valence-corrected chi connectivity index (χ1v) is 5.09. The Kier molecular flexibility index (Phi) is 2.77. The predicted octanol–water partition coefficient (Wildman–Crippen LogP) is 1.09. The number of ether oxygens (including phenoxy) is 1. The third-order valence-electron chi connectivity index (χ3n) is 2.77. The van der Waals surface area contributed by atoms with E-state index in [-0.39, 0.29) is 5.75 Å². The molecule has 0 saturated carbocycles. The van der Waals surface area contributed by atoms with Gasteiger partial charge in [-0.2, -0.15) is 0 Å². The highest BCUT2D eigenvalue weighted by Crippen LogP contribution is 2.26. The minimum Gasteiger partial charge on any atom is -0.508 e. The van der Waals surface area contributed by atoms with Crippen molar-refractivity contribution in [3.05, 3.63) is 30.0 Å². The fraction of sp³-hybridized carbons (Fsp3) is 0.250. The first-order chi connectivity index (χ1) is 8.04. The van der Waals surface area contributed by atoms with E-state index in [1.165, 1.54) is 7.11 Å². The van der Waals surface area contributed by atoms with Crippen molar-refractivity contribution in [3.63, 3.8) is 0 Å². The van der Waals surface area contributed by atoms with Crippen molar-refractivity contribution in [2.45, 2.75) is 6.10 Å². The van der Waals surface area contributed by atoms with Crippen LogP contribution in [-0.2, 0) is 16.6 Å². The van der Waals surface area contributed by atoms with Crippen LogP contribution in [0, 0.1) is 0 Å². The van der Waals surface area contributed by atoms with Crippen molar-refractivity contribution in [1.82, 2.24) is 4.57 Å². The predicted molar refractivity (Wildman–Crippen MR) is 61.6 cm³/mol. The lowest BCUT2D eigenvalue weighted by Crippen LogP contribution is -2.16. The van der Waals surface area contributed by atoms with Crippen molar-refractivity contribution in [2.75, 3.05) is 7.11 Å². The number of fused-ring (bicyclic) bond motifs is 1. The van der Waals surface area contributed by atoms with Crippen LogP contribution in [0.4, 0.5) is 0 Å². The molecule has 0 fully saturated rings. The molecule has 2 N–H and O–H groups in total. The van der Waals surface area contributed by atoms with Crippen LogP contribution in [0.1, 0.15) is 11.8 Å². The monoisotopic (exact) mass is 235 g/mol. The zero-order valence-corrected chi connectivity index (χ0v) is 9.54. The molecule has 1 heterocycles. The SMILES string of the molecule is COC(=O)C(O)c1cc2ccc(O)cc2n1C. The van der Waals surface area contributed by atoms with Gasteiger partial charge in [-0.25, -0.2) is 4.79 Å². The molecular formula is C12H13NO4. The fourth-order valence-electron chi connectivity index (χ4n) is 1.83. The van der Waals surface area contributed by atoms with Crippen molar-refractivity contribution in [3.8, 4) is 5.75 Å². The van der Waals surface area contributed by atoms with Crippen molar-refractivity contribution < 1.29 is 19.7 Å². The van der Waals surface area contributed by atoms with Gasteiger partial charge in [0.1, 0.15) is 5.75 Å².